The number of benzene rings is 1. The van der Waals surface area contributed by atoms with Crippen molar-refractivity contribution in [3.05, 3.63) is 23.8 Å². The third-order valence-electron chi connectivity index (χ3n) is 2.02. The summed E-state index contributed by atoms with van der Waals surface area (Å²) >= 11 is 0. The van der Waals surface area contributed by atoms with Gasteiger partial charge in [-0.3, -0.25) is 0 Å². The lowest BCUT2D eigenvalue weighted by molar-refractivity contribution is -0.180. The van der Waals surface area contributed by atoms with Gasteiger partial charge in [-0.15, -0.1) is 0 Å². The molecule has 0 radical (unpaired) electrons. The number of anilines is 1. The van der Waals surface area contributed by atoms with E-state index >= 15 is 0 Å². The minimum absolute atomic E-state index is 0.525. The van der Waals surface area contributed by atoms with Crippen LogP contribution in [-0.2, 0) is 11.3 Å². The summed E-state index contributed by atoms with van der Waals surface area (Å²) in [4.78, 5) is 0. The average molecular weight is 179 g/mol. The van der Waals surface area contributed by atoms with Crippen molar-refractivity contribution < 1.29 is 9.47 Å². The van der Waals surface area contributed by atoms with Crippen LogP contribution < -0.4 is 10.5 Å². The predicted molar refractivity (Wildman–Crippen MR) is 50.4 cm³/mol. The van der Waals surface area contributed by atoms with Crippen LogP contribution in [0.3, 0.4) is 0 Å². The van der Waals surface area contributed by atoms with Gasteiger partial charge >= 0.3 is 0 Å². The van der Waals surface area contributed by atoms with Crippen molar-refractivity contribution in [1.29, 1.82) is 0 Å². The first-order valence-electron chi connectivity index (χ1n) is 4.28. The van der Waals surface area contributed by atoms with E-state index in [2.05, 4.69) is 0 Å². The van der Waals surface area contributed by atoms with Gasteiger partial charge in [0.05, 0.1) is 6.61 Å². The van der Waals surface area contributed by atoms with Crippen molar-refractivity contribution >= 4 is 5.69 Å². The minimum Gasteiger partial charge on any atom is -0.463 e. The molecule has 0 amide bonds. The van der Waals surface area contributed by atoms with Crippen LogP contribution in [0.25, 0.3) is 0 Å². The van der Waals surface area contributed by atoms with Crippen molar-refractivity contribution in [3.63, 3.8) is 0 Å². The van der Waals surface area contributed by atoms with Crippen LogP contribution in [0.4, 0.5) is 5.69 Å². The molecule has 1 aliphatic rings. The summed E-state index contributed by atoms with van der Waals surface area (Å²) in [5.74, 6) is 0.341. The van der Waals surface area contributed by atoms with Gasteiger partial charge in [0.25, 0.3) is 0 Å². The summed E-state index contributed by atoms with van der Waals surface area (Å²) in [5.41, 5.74) is 7.39. The maximum Gasteiger partial charge on any atom is 0.205 e. The molecular formula is C10H13NO2. The van der Waals surface area contributed by atoms with E-state index in [0.29, 0.717) is 6.61 Å². The third kappa shape index (κ3) is 1.60. The number of ether oxygens (including phenoxy) is 2. The van der Waals surface area contributed by atoms with Gasteiger partial charge in [0.15, 0.2) is 0 Å². The van der Waals surface area contributed by atoms with Crippen molar-refractivity contribution in [1.82, 2.24) is 0 Å². The maximum atomic E-state index is 5.64. The Hall–Kier alpha value is -1.22. The van der Waals surface area contributed by atoms with E-state index < -0.39 is 5.79 Å². The van der Waals surface area contributed by atoms with E-state index in [9.17, 15) is 0 Å². The molecule has 1 aromatic rings. The van der Waals surface area contributed by atoms with Crippen molar-refractivity contribution in [2.45, 2.75) is 26.2 Å². The molecule has 1 aromatic carbocycles. The molecule has 0 bridgehead atoms. The second-order valence-corrected chi connectivity index (χ2v) is 3.66. The molecule has 0 saturated carbocycles. The van der Waals surface area contributed by atoms with E-state index in [1.807, 2.05) is 32.0 Å². The van der Waals surface area contributed by atoms with Crippen LogP contribution in [0.5, 0.6) is 5.75 Å². The Balaban J connectivity index is 2.37. The van der Waals surface area contributed by atoms with Crippen molar-refractivity contribution in [2.75, 3.05) is 5.73 Å². The van der Waals surface area contributed by atoms with E-state index in [0.717, 1.165) is 17.0 Å². The Kier molecular flexibility index (Phi) is 1.70. The van der Waals surface area contributed by atoms with Crippen LogP contribution in [0.2, 0.25) is 0 Å². The minimum atomic E-state index is -0.525. The monoisotopic (exact) mass is 179 g/mol. The van der Waals surface area contributed by atoms with Crippen molar-refractivity contribution in [2.24, 2.45) is 0 Å². The zero-order chi connectivity index (χ0) is 9.47. The van der Waals surface area contributed by atoms with E-state index in [4.69, 9.17) is 15.2 Å². The normalized spacial score (nSPS) is 18.9. The van der Waals surface area contributed by atoms with Gasteiger partial charge in [-0.25, -0.2) is 0 Å². The van der Waals surface area contributed by atoms with E-state index in [-0.39, 0.29) is 0 Å². The highest BCUT2D eigenvalue weighted by Crippen LogP contribution is 2.31. The quantitative estimate of drug-likeness (QED) is 0.619. The first-order valence-corrected chi connectivity index (χ1v) is 4.28. The Labute approximate surface area is 77.5 Å². The number of nitrogens with two attached hydrogens (primary N) is 1. The highest BCUT2D eigenvalue weighted by molar-refractivity contribution is 5.48. The fourth-order valence-corrected chi connectivity index (χ4v) is 1.36. The lowest BCUT2D eigenvalue weighted by Gasteiger charge is -2.32. The molecule has 1 heterocycles. The van der Waals surface area contributed by atoms with Crippen LogP contribution in [-0.4, -0.2) is 5.79 Å². The first kappa shape index (κ1) is 8.38. The van der Waals surface area contributed by atoms with Crippen LogP contribution in [0.1, 0.15) is 19.4 Å². The molecule has 0 atom stereocenters. The summed E-state index contributed by atoms with van der Waals surface area (Å²) in [6.45, 7) is 4.35. The molecule has 0 aromatic heterocycles. The summed E-state index contributed by atoms with van der Waals surface area (Å²) in [7, 11) is 0. The van der Waals surface area contributed by atoms with Crippen LogP contribution >= 0.6 is 0 Å². The smallest absolute Gasteiger partial charge is 0.205 e. The standard InChI is InChI=1S/C10H13NO2/c1-10(2)12-6-7-5-8(11)3-4-9(7)13-10/h3-5H,6,11H2,1-2H3. The summed E-state index contributed by atoms with van der Waals surface area (Å²) in [5, 5.41) is 0. The first-order chi connectivity index (χ1) is 6.07. The zero-order valence-electron chi connectivity index (χ0n) is 7.83. The Morgan fingerprint density at radius 1 is 1.38 bits per heavy atom. The van der Waals surface area contributed by atoms with E-state index in [1.54, 1.807) is 0 Å². The van der Waals surface area contributed by atoms with Gasteiger partial charge in [-0.05, 0) is 18.2 Å². The fraction of sp³-hybridized carbons (Fsp3) is 0.400. The van der Waals surface area contributed by atoms with Gasteiger partial charge in [0.1, 0.15) is 5.75 Å². The van der Waals surface area contributed by atoms with Crippen molar-refractivity contribution in [3.8, 4) is 5.75 Å². The van der Waals surface area contributed by atoms with E-state index in [1.165, 1.54) is 0 Å². The topological polar surface area (TPSA) is 44.5 Å². The molecule has 0 fully saturated rings. The molecule has 2 N–H and O–H groups in total. The maximum absolute atomic E-state index is 5.64. The number of hydrogen-bond acceptors (Lipinski definition) is 3. The Morgan fingerprint density at radius 2 is 2.15 bits per heavy atom. The number of fused-ring (bicyclic) bond motifs is 1. The predicted octanol–water partition coefficient (Wildman–Crippen LogP) is 1.91. The summed E-state index contributed by atoms with van der Waals surface area (Å²) in [6, 6.07) is 5.60. The molecule has 0 spiro atoms. The Bertz CT molecular complexity index is 334. The number of nitrogen functional groups attached to an aromatic ring is 1. The molecule has 3 heteroatoms. The Morgan fingerprint density at radius 3 is 2.92 bits per heavy atom. The molecule has 70 valence electrons. The second kappa shape index (κ2) is 2.64. The molecule has 3 nitrogen and oxygen atoms in total. The van der Waals surface area contributed by atoms with Crippen LogP contribution in [0.15, 0.2) is 18.2 Å². The SMILES string of the molecule is CC1(C)OCc2cc(N)ccc2O1. The fourth-order valence-electron chi connectivity index (χ4n) is 1.36. The average Bonchev–Trinajstić information content (AvgIpc) is 2.05. The summed E-state index contributed by atoms with van der Waals surface area (Å²) < 4.78 is 11.1. The molecule has 1 aliphatic heterocycles. The molecular weight excluding hydrogens is 166 g/mol. The summed E-state index contributed by atoms with van der Waals surface area (Å²) in [6.07, 6.45) is 0. The number of hydrogen-bond donors (Lipinski definition) is 1. The van der Waals surface area contributed by atoms with Gasteiger partial charge in [-0.2, -0.15) is 0 Å². The molecule has 2 rings (SSSR count). The second-order valence-electron chi connectivity index (χ2n) is 3.66. The largest absolute Gasteiger partial charge is 0.463 e. The van der Waals surface area contributed by atoms with Gasteiger partial charge < -0.3 is 15.2 Å². The lowest BCUT2D eigenvalue weighted by atomic mass is 10.1. The highest BCUT2D eigenvalue weighted by Gasteiger charge is 2.26. The molecule has 13 heavy (non-hydrogen) atoms. The van der Waals surface area contributed by atoms with Gasteiger partial charge in [-0.1, -0.05) is 0 Å². The number of rotatable bonds is 0. The molecule has 0 aliphatic carbocycles. The molecule has 0 saturated heterocycles. The third-order valence-corrected chi connectivity index (χ3v) is 2.02. The lowest BCUT2D eigenvalue weighted by Crippen LogP contribution is -2.35. The zero-order valence-corrected chi connectivity index (χ0v) is 7.83. The van der Waals surface area contributed by atoms with Gasteiger partial charge in [0.2, 0.25) is 5.79 Å². The van der Waals surface area contributed by atoms with Gasteiger partial charge in [0, 0.05) is 25.1 Å². The van der Waals surface area contributed by atoms with Crippen LogP contribution in [0, 0.1) is 0 Å². The highest BCUT2D eigenvalue weighted by atomic mass is 16.7. The molecule has 0 unspecified atom stereocenters.